The van der Waals surface area contributed by atoms with E-state index in [0.717, 1.165) is 30.5 Å². The summed E-state index contributed by atoms with van der Waals surface area (Å²) in [5.74, 6) is 1.52. The average Bonchev–Trinajstić information content (AvgIpc) is 2.62. The predicted molar refractivity (Wildman–Crippen MR) is 67.3 cm³/mol. The van der Waals surface area contributed by atoms with E-state index in [-0.39, 0.29) is 0 Å². The molecule has 3 nitrogen and oxygen atoms in total. The Morgan fingerprint density at radius 3 is 2.44 bits per heavy atom. The van der Waals surface area contributed by atoms with Crippen molar-refractivity contribution < 1.29 is 0 Å². The van der Waals surface area contributed by atoms with Crippen LogP contribution in [-0.2, 0) is 13.0 Å². The lowest BCUT2D eigenvalue weighted by molar-refractivity contribution is 0.482. The molecule has 92 valence electrons. The van der Waals surface area contributed by atoms with Crippen LogP contribution in [0, 0.1) is 11.8 Å². The number of aromatic nitrogens is 3. The zero-order chi connectivity index (χ0) is 12.0. The highest BCUT2D eigenvalue weighted by molar-refractivity contribution is 4.92. The van der Waals surface area contributed by atoms with Gasteiger partial charge in [-0.15, -0.1) is 5.10 Å². The van der Waals surface area contributed by atoms with Gasteiger partial charge in [0, 0.05) is 12.7 Å². The highest BCUT2D eigenvalue weighted by atomic mass is 15.4. The van der Waals surface area contributed by atoms with Crippen LogP contribution in [0.5, 0.6) is 0 Å². The molecule has 0 spiro atoms. The van der Waals surface area contributed by atoms with Crippen molar-refractivity contribution in [3.63, 3.8) is 0 Å². The van der Waals surface area contributed by atoms with Crippen LogP contribution in [-0.4, -0.2) is 15.0 Å². The third kappa shape index (κ3) is 5.29. The van der Waals surface area contributed by atoms with Gasteiger partial charge in [0.15, 0.2) is 0 Å². The minimum Gasteiger partial charge on any atom is -0.252 e. The summed E-state index contributed by atoms with van der Waals surface area (Å²) in [5, 5.41) is 8.36. The number of hydrogen-bond donors (Lipinski definition) is 0. The van der Waals surface area contributed by atoms with Crippen LogP contribution in [0.25, 0.3) is 0 Å². The second kappa shape index (κ2) is 6.66. The Morgan fingerprint density at radius 1 is 1.12 bits per heavy atom. The van der Waals surface area contributed by atoms with E-state index in [1.165, 1.54) is 19.3 Å². The quantitative estimate of drug-likeness (QED) is 0.710. The summed E-state index contributed by atoms with van der Waals surface area (Å²) in [6.45, 7) is 10.0. The molecular formula is C13H25N3. The second-order valence-electron chi connectivity index (χ2n) is 5.44. The van der Waals surface area contributed by atoms with E-state index in [4.69, 9.17) is 0 Å². The van der Waals surface area contributed by atoms with Crippen molar-refractivity contribution in [3.8, 4) is 0 Å². The van der Waals surface area contributed by atoms with Crippen LogP contribution in [0.15, 0.2) is 6.20 Å². The van der Waals surface area contributed by atoms with Crippen LogP contribution in [0.4, 0.5) is 0 Å². The lowest BCUT2D eigenvalue weighted by atomic mass is 10.1. The van der Waals surface area contributed by atoms with Gasteiger partial charge in [0.25, 0.3) is 0 Å². The van der Waals surface area contributed by atoms with Crippen molar-refractivity contribution in [3.05, 3.63) is 11.9 Å². The Labute approximate surface area is 99.2 Å². The summed E-state index contributed by atoms with van der Waals surface area (Å²) in [7, 11) is 0. The van der Waals surface area contributed by atoms with Gasteiger partial charge < -0.3 is 0 Å². The number of aryl methyl sites for hydroxylation is 2. The van der Waals surface area contributed by atoms with Crippen molar-refractivity contribution in [2.24, 2.45) is 11.8 Å². The summed E-state index contributed by atoms with van der Waals surface area (Å²) in [4.78, 5) is 0. The standard InChI is InChI=1S/C13H25N3/c1-11(2)6-5-9-16-10-13(14-15-16)8-7-12(3)4/h10-12H,5-9H2,1-4H3. The Bertz CT molecular complexity index is 289. The van der Waals surface area contributed by atoms with Crippen molar-refractivity contribution in [2.45, 2.75) is 59.9 Å². The topological polar surface area (TPSA) is 30.7 Å². The van der Waals surface area contributed by atoms with Gasteiger partial charge in [-0.2, -0.15) is 0 Å². The van der Waals surface area contributed by atoms with Crippen molar-refractivity contribution in [2.75, 3.05) is 0 Å². The molecule has 1 rings (SSSR count). The molecule has 0 aliphatic carbocycles. The number of nitrogens with zero attached hydrogens (tertiary/aromatic N) is 3. The molecule has 0 saturated carbocycles. The smallest absolute Gasteiger partial charge is 0.0827 e. The minimum absolute atomic E-state index is 0.742. The van der Waals surface area contributed by atoms with Crippen LogP contribution >= 0.6 is 0 Å². The van der Waals surface area contributed by atoms with E-state index in [0.29, 0.717) is 0 Å². The van der Waals surface area contributed by atoms with Gasteiger partial charge >= 0.3 is 0 Å². The molecule has 0 aliphatic heterocycles. The minimum atomic E-state index is 0.742. The van der Waals surface area contributed by atoms with Crippen LogP contribution < -0.4 is 0 Å². The van der Waals surface area contributed by atoms with Crippen molar-refractivity contribution in [1.82, 2.24) is 15.0 Å². The van der Waals surface area contributed by atoms with E-state index in [9.17, 15) is 0 Å². The average molecular weight is 223 g/mol. The molecule has 0 N–H and O–H groups in total. The van der Waals surface area contributed by atoms with E-state index >= 15 is 0 Å². The third-order valence-corrected chi connectivity index (χ3v) is 2.73. The molecule has 0 unspecified atom stereocenters. The highest BCUT2D eigenvalue weighted by Gasteiger charge is 2.02. The van der Waals surface area contributed by atoms with Gasteiger partial charge in [-0.05, 0) is 37.5 Å². The molecule has 1 heterocycles. The van der Waals surface area contributed by atoms with E-state index < -0.39 is 0 Å². The fourth-order valence-corrected chi connectivity index (χ4v) is 1.66. The molecule has 0 fully saturated rings. The third-order valence-electron chi connectivity index (χ3n) is 2.73. The zero-order valence-electron chi connectivity index (χ0n) is 11.1. The first-order chi connectivity index (χ1) is 7.58. The lowest BCUT2D eigenvalue weighted by Gasteiger charge is -2.03. The maximum absolute atomic E-state index is 4.20. The first kappa shape index (κ1) is 13.2. The van der Waals surface area contributed by atoms with Gasteiger partial charge in [-0.1, -0.05) is 32.9 Å². The van der Waals surface area contributed by atoms with Gasteiger partial charge in [0.2, 0.25) is 0 Å². The van der Waals surface area contributed by atoms with Crippen LogP contribution in [0.3, 0.4) is 0 Å². The first-order valence-corrected chi connectivity index (χ1v) is 6.47. The Balaban J connectivity index is 2.28. The normalized spacial score (nSPS) is 11.6. The highest BCUT2D eigenvalue weighted by Crippen LogP contribution is 2.08. The molecule has 16 heavy (non-hydrogen) atoms. The summed E-state index contributed by atoms with van der Waals surface area (Å²) in [5.41, 5.74) is 1.14. The fraction of sp³-hybridized carbons (Fsp3) is 0.846. The van der Waals surface area contributed by atoms with Gasteiger partial charge in [-0.25, -0.2) is 0 Å². The second-order valence-corrected chi connectivity index (χ2v) is 5.44. The predicted octanol–water partition coefficient (Wildman–Crippen LogP) is 3.30. The van der Waals surface area contributed by atoms with Gasteiger partial charge in [0.1, 0.15) is 0 Å². The molecule has 0 aromatic carbocycles. The molecule has 0 bridgehead atoms. The van der Waals surface area contributed by atoms with E-state index in [1.54, 1.807) is 0 Å². The monoisotopic (exact) mass is 223 g/mol. The molecule has 0 amide bonds. The molecule has 1 aromatic rings. The summed E-state index contributed by atoms with van der Waals surface area (Å²) < 4.78 is 1.98. The maximum Gasteiger partial charge on any atom is 0.0827 e. The molecule has 0 atom stereocenters. The fourth-order valence-electron chi connectivity index (χ4n) is 1.66. The molecule has 1 aromatic heterocycles. The van der Waals surface area contributed by atoms with E-state index in [2.05, 4.69) is 44.2 Å². The number of hydrogen-bond acceptors (Lipinski definition) is 2. The Kier molecular flexibility index (Phi) is 5.50. The molecule has 0 saturated heterocycles. The summed E-state index contributed by atoms with van der Waals surface area (Å²) in [6, 6.07) is 0. The van der Waals surface area contributed by atoms with Gasteiger partial charge in [-0.3, -0.25) is 4.68 Å². The molecular weight excluding hydrogens is 198 g/mol. The van der Waals surface area contributed by atoms with Crippen LogP contribution in [0.1, 0.15) is 52.7 Å². The van der Waals surface area contributed by atoms with Crippen molar-refractivity contribution >= 4 is 0 Å². The lowest BCUT2D eigenvalue weighted by Crippen LogP contribution is -2.00. The first-order valence-electron chi connectivity index (χ1n) is 6.47. The zero-order valence-corrected chi connectivity index (χ0v) is 11.1. The molecule has 0 aliphatic rings. The van der Waals surface area contributed by atoms with Crippen LogP contribution in [0.2, 0.25) is 0 Å². The maximum atomic E-state index is 4.20. The SMILES string of the molecule is CC(C)CCCn1cc(CCC(C)C)nn1. The van der Waals surface area contributed by atoms with E-state index in [1.807, 2.05) is 4.68 Å². The Morgan fingerprint density at radius 2 is 1.81 bits per heavy atom. The molecule has 3 heteroatoms. The number of rotatable bonds is 7. The summed E-state index contributed by atoms with van der Waals surface area (Å²) in [6.07, 6.45) is 6.82. The Hall–Kier alpha value is -0.860. The van der Waals surface area contributed by atoms with Crippen molar-refractivity contribution in [1.29, 1.82) is 0 Å². The summed E-state index contributed by atoms with van der Waals surface area (Å²) >= 11 is 0. The van der Waals surface area contributed by atoms with Gasteiger partial charge in [0.05, 0.1) is 5.69 Å². The largest absolute Gasteiger partial charge is 0.252 e. The molecule has 0 radical (unpaired) electrons.